The molecule has 1 aliphatic rings. The monoisotopic (exact) mass is 1740 g/mol. The first kappa shape index (κ1) is 107. The number of ether oxygens (including phenoxy) is 11. The van der Waals surface area contributed by atoms with Gasteiger partial charge in [0, 0.05) is 139 Å². The Hall–Kier alpha value is -7.38. The number of likely N-dealkylation sites (tertiary alicyclic amines) is 1. The molecule has 122 heavy (non-hydrogen) atoms. The molecule has 11 atom stereocenters. The number of hydrogen-bond acceptors (Lipinski definition) is 25. The molecule has 0 saturated carbocycles. The lowest BCUT2D eigenvalue weighted by atomic mass is 9.83. The molecule has 33 heteroatoms. The molecule has 1 saturated heterocycles. The van der Waals surface area contributed by atoms with Gasteiger partial charge in [0.1, 0.15) is 18.4 Å². The molecule has 7 N–H and O–H groups in total. The minimum absolute atomic E-state index is 0.000993. The summed E-state index contributed by atoms with van der Waals surface area (Å²) in [5, 5.41) is 19.8. The van der Waals surface area contributed by atoms with E-state index in [1.807, 2.05) is 76.9 Å². The van der Waals surface area contributed by atoms with Crippen LogP contribution < -0.4 is 27.2 Å². The summed E-state index contributed by atoms with van der Waals surface area (Å²) in [5.41, 5.74) is 9.40. The number of methoxy groups -OCH3 is 2. The fourth-order valence-electron chi connectivity index (χ4n) is 15.0. The van der Waals surface area contributed by atoms with Crippen molar-refractivity contribution in [2.45, 2.75) is 233 Å². The minimum Gasteiger partial charge on any atom is -0.445 e. The van der Waals surface area contributed by atoms with Crippen LogP contribution in [0.3, 0.4) is 0 Å². The number of ketones is 2. The molecule has 2 aromatic carbocycles. The van der Waals surface area contributed by atoms with Crippen LogP contribution in [0, 0.1) is 40.4 Å². The fraction of sp³-hybridized carbons (Fsp3) is 0.730. The van der Waals surface area contributed by atoms with Crippen LogP contribution in [0.15, 0.2) is 66.2 Å². The van der Waals surface area contributed by atoms with Crippen molar-refractivity contribution in [3.05, 3.63) is 87.2 Å². The van der Waals surface area contributed by atoms with Crippen molar-refractivity contribution in [1.82, 2.24) is 41.1 Å². The summed E-state index contributed by atoms with van der Waals surface area (Å²) in [6, 6.07) is 14.0. The SMILES string of the molecule is CCC(C)[C@@H]([C@@H](CC(=O)N1CCC[C@H]1[C@H](OC)[C@@H](C)C(=O)C[C@@H](Cc1ccccc1)c1nccs1)OC)N(C)C(=O)[C@@H](CC(=O)[C@H](C(C)C)N(C)C(=O)CCCOCCOCCOCCOCCOCCOCCOCCOCCNC(=O)OCc1ccc([N+](=O)[C@H](CCCCC(N)=O)NC(=O)[C@@H](NC(=O)CCCCCCNO)C(C)C)cc1)C(C)C. The van der Waals surface area contributed by atoms with Crippen molar-refractivity contribution in [2.75, 3.05) is 154 Å². The standard InChI is InChI=1S/C89H146N10O22S/c1-14-66(8)84(76(111-12)61-81(105)98-40-24-28-73(98)85(112-13)67(9)74(100)59-70(87-91-39-57-122-87)58-68-26-18-17-19-27-68)97(11)88(107)72(63(2)3)60-75(101)83(65(6)7)96(10)80(104)32-25-41-113-43-45-115-47-49-117-51-53-119-55-56-120-54-52-118-50-48-116-46-44-114-42-38-92-89(108)121-62-69-33-35-71(36-34-69)99(110)78(30-22-21-29-77(90)102)94-86(106)82(64(4)5)95-79(103)31-20-15-16-23-37-93-109/h17-19,26-27,33-36,39,57,63-67,70,72-73,76,78,82-85,93,109H,14-16,20-25,28-32,37-38,40-56,58-62H2,1-13H3,(H4-,90,92,94,95,102,103,106,108)/p+1/t66?,67-,70+,72-,73-,76+,78+,82-,83-,84-,85+/m0/s1. The molecule has 0 aliphatic carbocycles. The van der Waals surface area contributed by atoms with Crippen molar-refractivity contribution in [3.8, 4) is 0 Å². The van der Waals surface area contributed by atoms with E-state index in [2.05, 4.69) is 38.5 Å². The molecule has 7 amide bonds. The number of alkyl carbamates (subject to hydrolysis) is 1. The molecule has 32 nitrogen and oxygen atoms in total. The Labute approximate surface area is 728 Å². The number of hydrogen-bond donors (Lipinski definition) is 6. The zero-order chi connectivity index (χ0) is 89.6. The third kappa shape index (κ3) is 41.2. The van der Waals surface area contributed by atoms with Crippen molar-refractivity contribution in [3.63, 3.8) is 0 Å². The van der Waals surface area contributed by atoms with Crippen molar-refractivity contribution in [1.29, 1.82) is 0 Å². The maximum atomic E-state index is 14.9. The van der Waals surface area contributed by atoms with Gasteiger partial charge in [0.15, 0.2) is 5.78 Å². The van der Waals surface area contributed by atoms with Gasteiger partial charge < -0.3 is 88.4 Å². The molecule has 2 heterocycles. The Balaban J connectivity index is 1.01. The number of Topliss-reactive ketones (excluding diaryl/α,β-unsaturated/α-hetero) is 2. The summed E-state index contributed by atoms with van der Waals surface area (Å²) in [5.74, 6) is -4.08. The van der Waals surface area contributed by atoms with E-state index in [1.165, 1.54) is 4.90 Å². The highest BCUT2D eigenvalue weighted by atomic mass is 32.1. The lowest BCUT2D eigenvalue weighted by Crippen LogP contribution is -2.54. The van der Waals surface area contributed by atoms with Gasteiger partial charge in [-0.1, -0.05) is 112 Å². The first-order chi connectivity index (χ1) is 58.7. The number of hydroxylamine groups is 1. The molecule has 1 aromatic heterocycles. The van der Waals surface area contributed by atoms with E-state index in [1.54, 1.807) is 88.9 Å². The fourth-order valence-corrected chi connectivity index (χ4v) is 15.7. The molecule has 0 bridgehead atoms. The molecular formula is C89H147N10O22S+. The van der Waals surface area contributed by atoms with Crippen LogP contribution in [-0.4, -0.2) is 279 Å². The second-order valence-electron chi connectivity index (χ2n) is 32.3. The third-order valence-electron chi connectivity index (χ3n) is 22.1. The van der Waals surface area contributed by atoms with Crippen LogP contribution in [0.25, 0.3) is 0 Å². The van der Waals surface area contributed by atoms with E-state index in [0.717, 1.165) is 36.3 Å². The van der Waals surface area contributed by atoms with Gasteiger partial charge in [-0.05, 0) is 98.3 Å². The molecule has 690 valence electrons. The van der Waals surface area contributed by atoms with E-state index in [0.29, 0.717) is 174 Å². The Bertz CT molecular complexity index is 3440. The van der Waals surface area contributed by atoms with Crippen LogP contribution in [0.1, 0.15) is 194 Å². The van der Waals surface area contributed by atoms with Gasteiger partial charge in [-0.15, -0.1) is 11.3 Å². The lowest BCUT2D eigenvalue weighted by Gasteiger charge is -2.41. The van der Waals surface area contributed by atoms with Crippen LogP contribution in [0.2, 0.25) is 0 Å². The highest BCUT2D eigenvalue weighted by Gasteiger charge is 2.44. The zero-order valence-corrected chi connectivity index (χ0v) is 75.9. The second-order valence-corrected chi connectivity index (χ2v) is 33.3. The van der Waals surface area contributed by atoms with E-state index < -0.39 is 66.2 Å². The number of nitrogens with two attached hydrogens (primary N) is 1. The number of rotatable bonds is 71. The van der Waals surface area contributed by atoms with Gasteiger partial charge in [-0.2, -0.15) is 0 Å². The number of aromatic nitrogens is 1. The van der Waals surface area contributed by atoms with Crippen molar-refractivity contribution in [2.24, 2.45) is 41.2 Å². The number of unbranched alkanes of at least 4 members (excludes halogenated alkanes) is 4. The highest BCUT2D eigenvalue weighted by Crippen LogP contribution is 2.35. The van der Waals surface area contributed by atoms with Crippen molar-refractivity contribution < 1.29 is 105 Å². The number of primary amides is 1. The molecule has 3 aromatic rings. The summed E-state index contributed by atoms with van der Waals surface area (Å²) in [6.45, 7) is 24.0. The van der Waals surface area contributed by atoms with Gasteiger partial charge in [0.05, 0.1) is 146 Å². The molecular weight excluding hydrogens is 1590 g/mol. The van der Waals surface area contributed by atoms with Crippen molar-refractivity contribution >= 4 is 70.1 Å². The average Bonchev–Trinajstić information content (AvgIpc) is 1.45. The van der Waals surface area contributed by atoms with Gasteiger partial charge in [-0.25, -0.2) is 15.3 Å². The molecule has 4 rings (SSSR count). The summed E-state index contributed by atoms with van der Waals surface area (Å²) >= 11 is 1.55. The number of thiazole rings is 1. The number of amides is 7. The van der Waals surface area contributed by atoms with Crippen LogP contribution in [0.5, 0.6) is 0 Å². The second kappa shape index (κ2) is 62.7. The number of nitrogens with one attached hydrogen (secondary N) is 4. The quantitative estimate of drug-likeness (QED) is 0.0132. The van der Waals surface area contributed by atoms with Crippen LogP contribution in [0.4, 0.5) is 10.5 Å². The molecule has 0 radical (unpaired) electrons. The topological polar surface area (TPSA) is 392 Å². The van der Waals surface area contributed by atoms with E-state index in [-0.39, 0.29) is 135 Å². The Morgan fingerprint density at radius 1 is 0.623 bits per heavy atom. The van der Waals surface area contributed by atoms with Crippen LogP contribution in [-0.2, 0) is 103 Å². The van der Waals surface area contributed by atoms with Gasteiger partial charge in [0.25, 0.3) is 11.9 Å². The van der Waals surface area contributed by atoms with E-state index in [4.69, 9.17) is 63.0 Å². The van der Waals surface area contributed by atoms with Gasteiger partial charge >= 0.3 is 6.09 Å². The predicted molar refractivity (Wildman–Crippen MR) is 463 cm³/mol. The third-order valence-corrected chi connectivity index (χ3v) is 23.0. The highest BCUT2D eigenvalue weighted by molar-refractivity contribution is 7.09. The number of nitroso groups, excluding NO2 is 1. The predicted octanol–water partition coefficient (Wildman–Crippen LogP) is 9.87. The Morgan fingerprint density at radius 2 is 1.20 bits per heavy atom. The Kier molecular flexibility index (Phi) is 55.0. The number of carbonyl (C=O) groups is 9. The first-order valence-corrected chi connectivity index (χ1v) is 44.8. The number of nitrogens with zero attached hydrogens (tertiary/aromatic N) is 5. The number of benzene rings is 2. The maximum absolute atomic E-state index is 14.9. The normalized spacial score (nSPS) is 15.4. The van der Waals surface area contributed by atoms with Crippen LogP contribution >= 0.6 is 11.3 Å². The minimum atomic E-state index is -1.02. The largest absolute Gasteiger partial charge is 0.445 e. The van der Waals surface area contributed by atoms with Gasteiger partial charge in [-0.3, -0.25) is 43.7 Å². The average molecular weight is 1740 g/mol. The zero-order valence-electron chi connectivity index (χ0n) is 75.0. The maximum Gasteiger partial charge on any atom is 0.407 e. The summed E-state index contributed by atoms with van der Waals surface area (Å²) in [7, 11) is 6.56. The van der Waals surface area contributed by atoms with Gasteiger partial charge in [0.2, 0.25) is 35.4 Å². The number of carbonyl (C=O) groups excluding carboxylic acids is 9. The summed E-state index contributed by atoms with van der Waals surface area (Å²) in [4.78, 5) is 145. The number of likely N-dealkylation sites (N-methyl/N-ethyl adjacent to an activating group) is 2. The molecule has 1 unspecified atom stereocenters. The molecule has 0 spiro atoms. The van der Waals surface area contributed by atoms with E-state index >= 15 is 0 Å². The summed E-state index contributed by atoms with van der Waals surface area (Å²) < 4.78 is 63.2. The smallest absolute Gasteiger partial charge is 0.407 e. The molecule has 1 aliphatic heterocycles. The first-order valence-electron chi connectivity index (χ1n) is 43.9. The van der Waals surface area contributed by atoms with E-state index in [9.17, 15) is 48.1 Å². The Morgan fingerprint density at radius 3 is 1.74 bits per heavy atom. The summed E-state index contributed by atoms with van der Waals surface area (Å²) in [6.07, 6.45) is 6.95. The molecule has 1 fully saturated rings. The lowest BCUT2D eigenvalue weighted by molar-refractivity contribution is -0.512.